The molecule has 10 heteroatoms. The van der Waals surface area contributed by atoms with E-state index in [0.717, 1.165) is 36.6 Å². The van der Waals surface area contributed by atoms with Gasteiger partial charge in [-0.1, -0.05) is 12.1 Å². The zero-order valence-electron chi connectivity index (χ0n) is 14.9. The van der Waals surface area contributed by atoms with Gasteiger partial charge in [-0.2, -0.15) is 18.3 Å². The first-order chi connectivity index (χ1) is 13.3. The van der Waals surface area contributed by atoms with E-state index in [9.17, 15) is 18.0 Å². The Morgan fingerprint density at radius 3 is 2.86 bits per heavy atom. The smallest absolute Gasteiger partial charge is 0.321 e. The molecule has 0 radical (unpaired) electrons. The molecule has 1 atom stereocenters. The van der Waals surface area contributed by atoms with E-state index in [0.29, 0.717) is 11.8 Å². The number of halogens is 3. The Hall–Kier alpha value is -3.17. The van der Waals surface area contributed by atoms with E-state index in [4.69, 9.17) is 0 Å². The Morgan fingerprint density at radius 1 is 1.29 bits per heavy atom. The number of nitrogens with one attached hydrogen (secondary N) is 2. The largest absolute Gasteiger partial charge is 0.432 e. The molecule has 3 heterocycles. The molecule has 1 aliphatic heterocycles. The molecule has 0 saturated carbocycles. The molecule has 0 spiro atoms. The first-order valence-corrected chi connectivity index (χ1v) is 8.74. The van der Waals surface area contributed by atoms with Gasteiger partial charge >= 0.3 is 6.18 Å². The molecular weight excluding hydrogens is 373 g/mol. The van der Waals surface area contributed by atoms with Crippen molar-refractivity contribution in [2.75, 3.05) is 5.32 Å². The van der Waals surface area contributed by atoms with Gasteiger partial charge in [-0.25, -0.2) is 0 Å². The van der Waals surface area contributed by atoms with Crippen LogP contribution in [0.25, 0.3) is 0 Å². The number of benzene rings is 1. The monoisotopic (exact) mass is 390 g/mol. The Balaban J connectivity index is 1.49. The van der Waals surface area contributed by atoms with Gasteiger partial charge in [0.25, 0.3) is 5.91 Å². The number of carbonyl (C=O) groups is 1. The highest BCUT2D eigenvalue weighted by Gasteiger charge is 2.33. The molecule has 0 fully saturated rings. The fraction of sp³-hybridized carbons (Fsp3) is 0.333. The highest BCUT2D eigenvalue weighted by Crippen LogP contribution is 2.31. The van der Waals surface area contributed by atoms with Gasteiger partial charge in [-0.15, -0.1) is 10.2 Å². The molecule has 0 bridgehead atoms. The molecule has 0 aliphatic carbocycles. The zero-order chi connectivity index (χ0) is 19.9. The summed E-state index contributed by atoms with van der Waals surface area (Å²) < 4.78 is 40.0. The van der Waals surface area contributed by atoms with Crippen molar-refractivity contribution in [3.8, 4) is 0 Å². The lowest BCUT2D eigenvalue weighted by Crippen LogP contribution is -2.20. The zero-order valence-corrected chi connectivity index (χ0v) is 14.9. The fourth-order valence-electron chi connectivity index (χ4n) is 3.38. The van der Waals surface area contributed by atoms with E-state index in [1.807, 2.05) is 30.2 Å². The van der Waals surface area contributed by atoms with Crippen molar-refractivity contribution >= 4 is 11.6 Å². The third kappa shape index (κ3) is 3.49. The number of H-pyrrole nitrogens is 1. The summed E-state index contributed by atoms with van der Waals surface area (Å²) in [7, 11) is 0. The number of amides is 1. The number of hydrogen-bond acceptors (Lipinski definition) is 4. The lowest BCUT2D eigenvalue weighted by Gasteiger charge is -2.24. The van der Waals surface area contributed by atoms with Crippen LogP contribution in [0.3, 0.4) is 0 Å². The number of alkyl halides is 3. The quantitative estimate of drug-likeness (QED) is 0.718. The first-order valence-electron chi connectivity index (χ1n) is 8.74. The molecule has 2 aromatic heterocycles. The van der Waals surface area contributed by atoms with Crippen LogP contribution in [0.5, 0.6) is 0 Å². The third-order valence-corrected chi connectivity index (χ3v) is 4.86. The summed E-state index contributed by atoms with van der Waals surface area (Å²) in [5.74, 6) is 1.37. The molecule has 0 saturated heterocycles. The standard InChI is InChI=1S/C18H17F3N6O/c1-10-23-26-16-6-5-12(9-27(10)16)11-3-2-4-13(7-11)22-17(28)14-8-15(25-24-14)18(19,20)21/h2-4,7-8,12H,5-6,9H2,1H3,(H,22,28)(H,24,25)/t12-/m1/s1. The summed E-state index contributed by atoms with van der Waals surface area (Å²) in [5, 5.41) is 16.2. The predicted octanol–water partition coefficient (Wildman–Crippen LogP) is 3.31. The van der Waals surface area contributed by atoms with Crippen molar-refractivity contribution < 1.29 is 18.0 Å². The van der Waals surface area contributed by atoms with Gasteiger partial charge in [0.2, 0.25) is 0 Å². The van der Waals surface area contributed by atoms with E-state index >= 15 is 0 Å². The predicted molar refractivity (Wildman–Crippen MR) is 93.8 cm³/mol. The Kier molecular flexibility index (Phi) is 4.40. The molecule has 1 amide bonds. The van der Waals surface area contributed by atoms with E-state index in [2.05, 4.69) is 25.2 Å². The Labute approximate surface area is 158 Å². The van der Waals surface area contributed by atoms with Crippen LogP contribution in [-0.2, 0) is 19.1 Å². The summed E-state index contributed by atoms with van der Waals surface area (Å²) in [6.07, 6.45) is -2.86. The van der Waals surface area contributed by atoms with Crippen LogP contribution in [-0.4, -0.2) is 30.9 Å². The fourth-order valence-corrected chi connectivity index (χ4v) is 3.38. The molecule has 28 heavy (non-hydrogen) atoms. The van der Waals surface area contributed by atoms with Crippen LogP contribution in [0, 0.1) is 6.92 Å². The highest BCUT2D eigenvalue weighted by atomic mass is 19.4. The molecule has 1 aliphatic rings. The number of carbonyl (C=O) groups excluding carboxylic acids is 1. The second-order valence-corrected chi connectivity index (χ2v) is 6.75. The molecule has 2 N–H and O–H groups in total. The van der Waals surface area contributed by atoms with Gasteiger partial charge in [0, 0.05) is 30.6 Å². The van der Waals surface area contributed by atoms with Gasteiger partial charge < -0.3 is 9.88 Å². The number of aromatic nitrogens is 5. The van der Waals surface area contributed by atoms with Crippen molar-refractivity contribution in [2.45, 2.75) is 38.4 Å². The maximum atomic E-state index is 12.6. The molecule has 3 aromatic rings. The van der Waals surface area contributed by atoms with Crippen LogP contribution in [0.4, 0.5) is 18.9 Å². The summed E-state index contributed by atoms with van der Waals surface area (Å²) in [6, 6.07) is 8.00. The number of fused-ring (bicyclic) bond motifs is 1. The molecule has 146 valence electrons. The van der Waals surface area contributed by atoms with Crippen LogP contribution in [0.1, 0.15) is 45.7 Å². The van der Waals surface area contributed by atoms with Crippen molar-refractivity contribution in [2.24, 2.45) is 0 Å². The number of hydrogen-bond donors (Lipinski definition) is 2. The average molecular weight is 390 g/mol. The molecular formula is C18H17F3N6O. The van der Waals surface area contributed by atoms with Crippen molar-refractivity contribution in [1.29, 1.82) is 0 Å². The number of anilines is 1. The topological polar surface area (TPSA) is 88.5 Å². The van der Waals surface area contributed by atoms with Crippen LogP contribution < -0.4 is 5.32 Å². The highest BCUT2D eigenvalue weighted by molar-refractivity contribution is 6.02. The molecule has 4 rings (SSSR count). The first kappa shape index (κ1) is 18.2. The van der Waals surface area contributed by atoms with Gasteiger partial charge in [0.15, 0.2) is 5.69 Å². The van der Waals surface area contributed by atoms with Gasteiger partial charge in [0.1, 0.15) is 17.3 Å². The second-order valence-electron chi connectivity index (χ2n) is 6.75. The SMILES string of the molecule is Cc1nnc2n1C[C@H](c1cccc(NC(=O)c3cc(C(F)(F)F)[nH]n3)c1)CC2. The summed E-state index contributed by atoms with van der Waals surface area (Å²) in [6.45, 7) is 2.66. The summed E-state index contributed by atoms with van der Waals surface area (Å²) in [5.41, 5.74) is 0.161. The minimum absolute atomic E-state index is 0.237. The van der Waals surface area contributed by atoms with Crippen molar-refractivity contribution in [3.63, 3.8) is 0 Å². The van der Waals surface area contributed by atoms with E-state index in [1.165, 1.54) is 0 Å². The summed E-state index contributed by atoms with van der Waals surface area (Å²) in [4.78, 5) is 12.2. The Bertz CT molecular complexity index is 1020. The lowest BCUT2D eigenvalue weighted by atomic mass is 9.91. The van der Waals surface area contributed by atoms with Gasteiger partial charge in [-0.05, 0) is 31.0 Å². The number of rotatable bonds is 3. The van der Waals surface area contributed by atoms with Gasteiger partial charge in [0.05, 0.1) is 0 Å². The van der Waals surface area contributed by atoms with E-state index in [1.54, 1.807) is 6.07 Å². The number of aryl methyl sites for hydroxylation is 2. The van der Waals surface area contributed by atoms with Crippen LogP contribution >= 0.6 is 0 Å². The number of nitrogens with zero attached hydrogens (tertiary/aromatic N) is 4. The second kappa shape index (κ2) is 6.77. The molecule has 0 unspecified atom stereocenters. The minimum atomic E-state index is -4.58. The van der Waals surface area contributed by atoms with Gasteiger partial charge in [-0.3, -0.25) is 9.89 Å². The average Bonchev–Trinajstić information content (AvgIpc) is 3.29. The maximum absolute atomic E-state index is 12.6. The maximum Gasteiger partial charge on any atom is 0.432 e. The minimum Gasteiger partial charge on any atom is -0.321 e. The van der Waals surface area contributed by atoms with Crippen molar-refractivity contribution in [3.05, 3.63) is 58.9 Å². The molecule has 1 aromatic carbocycles. The van der Waals surface area contributed by atoms with Crippen LogP contribution in [0.15, 0.2) is 30.3 Å². The lowest BCUT2D eigenvalue weighted by molar-refractivity contribution is -0.141. The third-order valence-electron chi connectivity index (χ3n) is 4.86. The normalized spacial score (nSPS) is 16.6. The number of aromatic amines is 1. The van der Waals surface area contributed by atoms with Crippen molar-refractivity contribution in [1.82, 2.24) is 25.0 Å². The van der Waals surface area contributed by atoms with Crippen LogP contribution in [0.2, 0.25) is 0 Å². The molecule has 7 nitrogen and oxygen atoms in total. The summed E-state index contributed by atoms with van der Waals surface area (Å²) >= 11 is 0. The van der Waals surface area contributed by atoms with E-state index < -0.39 is 17.8 Å². The Morgan fingerprint density at radius 2 is 2.11 bits per heavy atom. The van der Waals surface area contributed by atoms with E-state index in [-0.39, 0.29) is 11.6 Å².